The van der Waals surface area contributed by atoms with E-state index in [0.29, 0.717) is 0 Å². The van der Waals surface area contributed by atoms with Crippen molar-refractivity contribution in [3.63, 3.8) is 0 Å². The van der Waals surface area contributed by atoms with Crippen molar-refractivity contribution in [1.29, 1.82) is 0 Å². The van der Waals surface area contributed by atoms with Gasteiger partial charge in [-0.3, -0.25) is 9.98 Å². The fourth-order valence-electron chi connectivity index (χ4n) is 2.71. The summed E-state index contributed by atoms with van der Waals surface area (Å²) in [6, 6.07) is 15.0. The predicted molar refractivity (Wildman–Crippen MR) is 140 cm³/mol. The summed E-state index contributed by atoms with van der Waals surface area (Å²) in [7, 11) is 9.53. The molecule has 0 unspecified atom stereocenters. The Hall–Kier alpha value is -2.11. The van der Waals surface area contributed by atoms with Crippen LogP contribution in [0.25, 0.3) is 0 Å². The number of thiocarbonyl (C=S) groups is 2. The molecule has 0 aromatic heterocycles. The van der Waals surface area contributed by atoms with E-state index in [4.69, 9.17) is 25.2 Å². The van der Waals surface area contributed by atoms with Gasteiger partial charge in [-0.2, -0.15) is 9.98 Å². The topological polar surface area (TPSA) is 61.8 Å². The second-order valence-corrected chi connectivity index (χ2v) is 8.42. The summed E-state index contributed by atoms with van der Waals surface area (Å²) in [5.41, 5.74) is 6.70. The van der Waals surface area contributed by atoms with E-state index in [0.717, 1.165) is 52.0 Å². The summed E-state index contributed by atoms with van der Waals surface area (Å²) in [5, 5.41) is 4.71. The molecule has 3 rings (SSSR count). The van der Waals surface area contributed by atoms with Gasteiger partial charge in [0.25, 0.3) is 0 Å². The standard InChI is InChI=1S/C22H17N5S2.2ClH.Fe/c1-15(25-19-7-3-17(4-8-19)23-13-28)21-11-12-22(27-21)16(2)26-20-9-5-18(6-10-20)24-14-29;;;/h3-11H,12H2,1-2H3;2*1H;/q;;;+2/p-2. The van der Waals surface area contributed by atoms with Crippen LogP contribution >= 0.6 is 44.6 Å². The van der Waals surface area contributed by atoms with Crippen molar-refractivity contribution in [1.82, 2.24) is 0 Å². The maximum absolute atomic E-state index is 4.76. The number of allylic oxidation sites excluding steroid dienone is 2. The molecule has 0 aliphatic carbocycles. The van der Waals surface area contributed by atoms with E-state index < -0.39 is 0 Å². The van der Waals surface area contributed by atoms with Crippen LogP contribution in [0.5, 0.6) is 0 Å². The van der Waals surface area contributed by atoms with E-state index in [1.807, 2.05) is 62.4 Å². The van der Waals surface area contributed by atoms with Crippen molar-refractivity contribution in [2.75, 3.05) is 0 Å². The fourth-order valence-corrected chi connectivity index (χ4v) is 2.92. The number of isothiocyanates is 2. The van der Waals surface area contributed by atoms with Crippen molar-refractivity contribution >= 4 is 94.8 Å². The molecule has 1 heterocycles. The van der Waals surface area contributed by atoms with Crippen LogP contribution in [0.1, 0.15) is 20.3 Å². The third-order valence-corrected chi connectivity index (χ3v) is 4.36. The molecule has 10 heteroatoms. The SMILES string of the molecule is CC(=Nc1ccc(N=C=S)cc1)C1=CCC(C(C)=Nc2ccc(N=C=S)cc2)=N1.[Cl][Fe][Cl]. The fraction of sp³-hybridized carbons (Fsp3) is 0.136. The molecule has 0 atom stereocenters. The number of aliphatic imine (C=N–C) groups is 5. The summed E-state index contributed by atoms with van der Waals surface area (Å²) in [5.74, 6) is 0. The van der Waals surface area contributed by atoms with E-state index in [-0.39, 0.29) is 13.1 Å². The van der Waals surface area contributed by atoms with Crippen LogP contribution in [0.2, 0.25) is 0 Å². The summed E-state index contributed by atoms with van der Waals surface area (Å²) in [6.45, 7) is 3.91. The van der Waals surface area contributed by atoms with E-state index in [1.54, 1.807) is 0 Å². The zero-order valence-electron chi connectivity index (χ0n) is 17.1. The monoisotopic (exact) mass is 541 g/mol. The third kappa shape index (κ3) is 8.44. The molecule has 1 aliphatic heterocycles. The first-order valence-electron chi connectivity index (χ1n) is 9.10. The first kappa shape index (κ1) is 26.1. The van der Waals surface area contributed by atoms with E-state index >= 15 is 0 Å². The zero-order valence-corrected chi connectivity index (χ0v) is 21.3. The molecule has 0 amide bonds. The van der Waals surface area contributed by atoms with E-state index in [1.165, 1.54) is 0 Å². The molecule has 0 saturated carbocycles. The summed E-state index contributed by atoms with van der Waals surface area (Å²) in [4.78, 5) is 21.9. The van der Waals surface area contributed by atoms with Gasteiger partial charge >= 0.3 is 33.3 Å². The van der Waals surface area contributed by atoms with Crippen LogP contribution < -0.4 is 0 Å². The quantitative estimate of drug-likeness (QED) is 0.210. The first-order chi connectivity index (χ1) is 15.5. The number of benzene rings is 2. The molecule has 0 saturated heterocycles. The third-order valence-electron chi connectivity index (χ3n) is 4.18. The van der Waals surface area contributed by atoms with Gasteiger partial charge in [0.15, 0.2) is 0 Å². The Morgan fingerprint density at radius 2 is 1.22 bits per heavy atom. The normalized spacial score (nSPS) is 13.2. The van der Waals surface area contributed by atoms with Gasteiger partial charge in [-0.25, -0.2) is 4.99 Å². The number of rotatable bonds is 6. The average Bonchev–Trinajstić information content (AvgIpc) is 3.28. The molecular formula is C22H17Cl2FeN5S2. The molecule has 2 aromatic carbocycles. The number of hydrogen-bond donors (Lipinski definition) is 0. The molecule has 0 fully saturated rings. The van der Waals surface area contributed by atoms with Gasteiger partial charge in [0, 0.05) is 6.42 Å². The molecule has 1 aliphatic rings. The molecule has 0 N–H and O–H groups in total. The van der Waals surface area contributed by atoms with Crippen LogP contribution in [0, 0.1) is 0 Å². The Morgan fingerprint density at radius 1 is 0.812 bits per heavy atom. The van der Waals surface area contributed by atoms with Crippen LogP contribution in [-0.2, 0) is 13.1 Å². The maximum atomic E-state index is 4.76. The number of nitrogens with zero attached hydrogens (tertiary/aromatic N) is 5. The van der Waals surface area contributed by atoms with E-state index in [2.05, 4.69) is 60.8 Å². The Labute approximate surface area is 212 Å². The Morgan fingerprint density at radius 3 is 1.66 bits per heavy atom. The second-order valence-electron chi connectivity index (χ2n) is 6.24. The molecule has 2 aromatic rings. The van der Waals surface area contributed by atoms with Crippen LogP contribution in [0.15, 0.2) is 85.3 Å². The molecule has 32 heavy (non-hydrogen) atoms. The van der Waals surface area contributed by atoms with Gasteiger partial charge in [0.05, 0.1) is 55.9 Å². The predicted octanol–water partition coefficient (Wildman–Crippen LogP) is 8.15. The van der Waals surface area contributed by atoms with Gasteiger partial charge in [0.2, 0.25) is 0 Å². The molecule has 0 radical (unpaired) electrons. The van der Waals surface area contributed by atoms with Crippen LogP contribution in [-0.4, -0.2) is 27.5 Å². The Bertz CT molecular complexity index is 1160. The van der Waals surface area contributed by atoms with Gasteiger partial charge < -0.3 is 0 Å². The molecule has 0 bridgehead atoms. The average molecular weight is 542 g/mol. The minimum atomic E-state index is 0.194. The van der Waals surface area contributed by atoms with Gasteiger partial charge in [-0.05, 0) is 86.8 Å². The van der Waals surface area contributed by atoms with Crippen molar-refractivity contribution in [2.24, 2.45) is 25.0 Å². The summed E-state index contributed by atoms with van der Waals surface area (Å²) < 4.78 is 0. The van der Waals surface area contributed by atoms with Crippen molar-refractivity contribution < 1.29 is 13.1 Å². The number of halogens is 2. The number of hydrogen-bond acceptors (Lipinski definition) is 7. The Balaban J connectivity index is 0.00000114. The first-order valence-corrected chi connectivity index (χ1v) is 13.0. The molecule has 5 nitrogen and oxygen atoms in total. The Kier molecular flexibility index (Phi) is 11.5. The summed E-state index contributed by atoms with van der Waals surface area (Å²) >= 11 is 9.42. The van der Waals surface area contributed by atoms with Crippen molar-refractivity contribution in [2.45, 2.75) is 20.3 Å². The van der Waals surface area contributed by atoms with Gasteiger partial charge in [0.1, 0.15) is 0 Å². The van der Waals surface area contributed by atoms with Crippen molar-refractivity contribution in [3.8, 4) is 0 Å². The second kappa shape index (κ2) is 14.1. The van der Waals surface area contributed by atoms with E-state index in [9.17, 15) is 0 Å². The summed E-state index contributed by atoms with van der Waals surface area (Å²) in [6.07, 6.45) is 2.79. The molecule has 0 spiro atoms. The van der Waals surface area contributed by atoms with Gasteiger partial charge in [-0.15, -0.1) is 0 Å². The zero-order chi connectivity index (χ0) is 23.3. The van der Waals surface area contributed by atoms with Crippen LogP contribution in [0.4, 0.5) is 22.7 Å². The van der Waals surface area contributed by atoms with Crippen LogP contribution in [0.3, 0.4) is 0 Å². The van der Waals surface area contributed by atoms with Gasteiger partial charge in [-0.1, -0.05) is 6.08 Å². The molecular weight excluding hydrogens is 525 g/mol. The van der Waals surface area contributed by atoms with Crippen molar-refractivity contribution in [3.05, 3.63) is 60.3 Å². The molecule has 164 valence electrons. The minimum absolute atomic E-state index is 0.194.